The third-order valence-corrected chi connectivity index (χ3v) is 5.37. The first-order valence-corrected chi connectivity index (χ1v) is 10.7. The zero-order chi connectivity index (χ0) is 25.4. The van der Waals surface area contributed by atoms with Gasteiger partial charge in [-0.2, -0.15) is 0 Å². The van der Waals surface area contributed by atoms with E-state index in [-0.39, 0.29) is 35.0 Å². The lowest BCUT2D eigenvalue weighted by Gasteiger charge is -2.37. The van der Waals surface area contributed by atoms with Gasteiger partial charge in [0.15, 0.2) is 0 Å². The van der Waals surface area contributed by atoms with Gasteiger partial charge in [-0.15, -0.1) is 0 Å². The number of para-hydroxylation sites is 1. The van der Waals surface area contributed by atoms with Crippen LogP contribution in [0.3, 0.4) is 0 Å². The van der Waals surface area contributed by atoms with Crippen molar-refractivity contribution in [2.45, 2.75) is 45.6 Å². The van der Waals surface area contributed by atoms with Crippen LogP contribution in [0.4, 0.5) is 5.69 Å². The second-order valence-corrected chi connectivity index (χ2v) is 8.73. The zero-order valence-corrected chi connectivity index (χ0v) is 20.0. The molecule has 10 nitrogen and oxygen atoms in total. The monoisotopic (exact) mass is 472 g/mol. The lowest BCUT2D eigenvalue weighted by Crippen LogP contribution is -2.52. The molecule has 0 saturated carbocycles. The van der Waals surface area contributed by atoms with E-state index in [4.69, 9.17) is 24.7 Å². The first kappa shape index (κ1) is 24.8. The lowest BCUT2D eigenvalue weighted by molar-refractivity contribution is -0.152. The van der Waals surface area contributed by atoms with Crippen LogP contribution in [-0.4, -0.2) is 49.7 Å². The molecular formula is C24H28N2O8. The number of allylic oxidation sites excluding steroid dienone is 1. The van der Waals surface area contributed by atoms with Gasteiger partial charge in [0.25, 0.3) is 0 Å². The Morgan fingerprint density at radius 3 is 2.35 bits per heavy atom. The van der Waals surface area contributed by atoms with E-state index in [1.165, 1.54) is 14.0 Å². The number of nitrogens with two attached hydrogens (primary N) is 1. The minimum absolute atomic E-state index is 0.0112. The molecule has 0 aromatic heterocycles. The highest BCUT2D eigenvalue weighted by atomic mass is 16.6. The zero-order valence-electron chi connectivity index (χ0n) is 20.0. The third-order valence-electron chi connectivity index (χ3n) is 5.37. The highest BCUT2D eigenvalue weighted by molar-refractivity contribution is 6.23. The van der Waals surface area contributed by atoms with E-state index in [1.807, 2.05) is 0 Å². The van der Waals surface area contributed by atoms with E-state index in [0.29, 0.717) is 5.69 Å². The molecule has 0 fully saturated rings. The molecule has 2 heterocycles. The van der Waals surface area contributed by atoms with Crippen molar-refractivity contribution in [2.75, 3.05) is 25.2 Å². The molecule has 1 aromatic carbocycles. The van der Waals surface area contributed by atoms with Crippen molar-refractivity contribution >= 4 is 29.5 Å². The maximum absolute atomic E-state index is 14.2. The Labute approximate surface area is 197 Å². The Balaban J connectivity index is 2.39. The quantitative estimate of drug-likeness (QED) is 0.503. The van der Waals surface area contributed by atoms with Gasteiger partial charge in [-0.05, 0) is 40.7 Å². The molecule has 3 rings (SSSR count). The summed E-state index contributed by atoms with van der Waals surface area (Å²) in [7, 11) is 1.19. The number of rotatable bonds is 5. The number of esters is 3. The van der Waals surface area contributed by atoms with Crippen LogP contribution in [0.2, 0.25) is 0 Å². The molecule has 0 aliphatic carbocycles. The number of anilines is 1. The van der Waals surface area contributed by atoms with Crippen LogP contribution >= 0.6 is 0 Å². The fourth-order valence-corrected chi connectivity index (χ4v) is 4.21. The summed E-state index contributed by atoms with van der Waals surface area (Å²) in [6.45, 7) is 7.58. The van der Waals surface area contributed by atoms with Crippen molar-refractivity contribution in [1.82, 2.24) is 0 Å². The smallest absolute Gasteiger partial charge is 0.341 e. The van der Waals surface area contributed by atoms with Crippen LogP contribution in [0.15, 0.2) is 47.1 Å². The van der Waals surface area contributed by atoms with E-state index in [1.54, 1.807) is 52.0 Å². The summed E-state index contributed by atoms with van der Waals surface area (Å²) in [6.07, 6.45) is 0. The van der Waals surface area contributed by atoms with Gasteiger partial charge in [-0.3, -0.25) is 14.5 Å². The largest absolute Gasteiger partial charge is 0.468 e. The summed E-state index contributed by atoms with van der Waals surface area (Å²) in [6, 6.07) is 6.49. The van der Waals surface area contributed by atoms with Crippen LogP contribution in [0, 0.1) is 0 Å². The molecule has 1 atom stereocenters. The number of amides is 1. The van der Waals surface area contributed by atoms with Crippen LogP contribution in [-0.2, 0) is 43.5 Å². The maximum Gasteiger partial charge on any atom is 0.341 e. The average molecular weight is 472 g/mol. The number of carbonyl (C=O) groups is 4. The Kier molecular flexibility index (Phi) is 6.46. The molecule has 34 heavy (non-hydrogen) atoms. The molecular weight excluding hydrogens is 444 g/mol. The number of nitrogens with zero attached hydrogens (tertiary/aromatic N) is 1. The molecule has 1 unspecified atom stereocenters. The number of carbonyl (C=O) groups excluding carboxylic acids is 4. The molecule has 1 amide bonds. The number of fused-ring (bicyclic) bond motifs is 2. The summed E-state index contributed by atoms with van der Waals surface area (Å²) >= 11 is 0. The maximum atomic E-state index is 14.2. The van der Waals surface area contributed by atoms with Crippen molar-refractivity contribution in [3.05, 3.63) is 52.6 Å². The van der Waals surface area contributed by atoms with Crippen molar-refractivity contribution in [3.8, 4) is 0 Å². The fourth-order valence-electron chi connectivity index (χ4n) is 4.21. The van der Waals surface area contributed by atoms with Gasteiger partial charge in [-0.25, -0.2) is 9.59 Å². The highest BCUT2D eigenvalue weighted by Gasteiger charge is 2.64. The topological polar surface area (TPSA) is 134 Å². The Morgan fingerprint density at radius 1 is 1.12 bits per heavy atom. The second-order valence-electron chi connectivity index (χ2n) is 8.73. The van der Waals surface area contributed by atoms with Crippen molar-refractivity contribution < 1.29 is 38.1 Å². The standard InChI is InChI=1S/C24H28N2O8/c1-7-32-20(28)18-19(25)33-13(2)17(21(29)34-23(3,4)5)24(18)14-10-8-9-11-15(14)26(22(24)30)12-16(27)31-6/h8-11H,7,12,25H2,1-6H3. The molecule has 0 saturated heterocycles. The number of hydrogen-bond donors (Lipinski definition) is 1. The summed E-state index contributed by atoms with van der Waals surface area (Å²) in [5.74, 6) is -3.65. The molecule has 2 aliphatic heterocycles. The molecule has 0 bridgehead atoms. The predicted molar refractivity (Wildman–Crippen MR) is 120 cm³/mol. The molecule has 2 N–H and O–H groups in total. The SMILES string of the molecule is CCOC(=O)C1=C(N)OC(C)=C(C(=O)OC(C)(C)C)C12C(=O)N(CC(=O)OC)c1ccccc12. The minimum Gasteiger partial charge on any atom is -0.468 e. The molecule has 1 spiro atoms. The average Bonchev–Trinajstić information content (AvgIpc) is 2.96. The summed E-state index contributed by atoms with van der Waals surface area (Å²) in [5, 5.41) is 0. The first-order chi connectivity index (χ1) is 15.9. The lowest BCUT2D eigenvalue weighted by atomic mass is 9.67. The molecule has 10 heteroatoms. The van der Waals surface area contributed by atoms with Crippen molar-refractivity contribution in [1.29, 1.82) is 0 Å². The van der Waals surface area contributed by atoms with Gasteiger partial charge in [0.1, 0.15) is 34.5 Å². The highest BCUT2D eigenvalue weighted by Crippen LogP contribution is 2.54. The summed E-state index contributed by atoms with van der Waals surface area (Å²) in [4.78, 5) is 54.2. The molecule has 0 radical (unpaired) electrons. The van der Waals surface area contributed by atoms with Crippen molar-refractivity contribution in [2.24, 2.45) is 5.73 Å². The minimum atomic E-state index is -2.05. The van der Waals surface area contributed by atoms with E-state index in [9.17, 15) is 19.2 Å². The van der Waals surface area contributed by atoms with E-state index < -0.39 is 41.4 Å². The molecule has 2 aliphatic rings. The molecule has 1 aromatic rings. The van der Waals surface area contributed by atoms with Gasteiger partial charge in [-0.1, -0.05) is 18.2 Å². The summed E-state index contributed by atoms with van der Waals surface area (Å²) in [5.41, 5.74) is 3.17. The van der Waals surface area contributed by atoms with Crippen LogP contribution in [0.25, 0.3) is 0 Å². The number of hydrogen-bond acceptors (Lipinski definition) is 9. The first-order valence-electron chi connectivity index (χ1n) is 10.7. The van der Waals surface area contributed by atoms with Gasteiger partial charge in [0, 0.05) is 11.3 Å². The predicted octanol–water partition coefficient (Wildman–Crippen LogP) is 1.82. The Hall–Kier alpha value is -3.82. The number of methoxy groups -OCH3 is 1. The van der Waals surface area contributed by atoms with Crippen LogP contribution < -0.4 is 10.6 Å². The summed E-state index contributed by atoms with van der Waals surface area (Å²) < 4.78 is 21.1. The van der Waals surface area contributed by atoms with E-state index in [2.05, 4.69) is 0 Å². The molecule has 182 valence electrons. The van der Waals surface area contributed by atoms with E-state index in [0.717, 1.165) is 4.90 Å². The van der Waals surface area contributed by atoms with E-state index >= 15 is 0 Å². The normalized spacial score (nSPS) is 19.7. The van der Waals surface area contributed by atoms with Gasteiger partial charge in [0.05, 0.1) is 13.7 Å². The van der Waals surface area contributed by atoms with Gasteiger partial charge in [0.2, 0.25) is 11.8 Å². The Morgan fingerprint density at radius 2 is 1.76 bits per heavy atom. The number of ether oxygens (including phenoxy) is 4. The third kappa shape index (κ3) is 3.89. The second kappa shape index (κ2) is 8.85. The van der Waals surface area contributed by atoms with Crippen molar-refractivity contribution in [3.63, 3.8) is 0 Å². The van der Waals surface area contributed by atoms with Crippen LogP contribution in [0.1, 0.15) is 40.2 Å². The Bertz CT molecular complexity index is 1130. The van der Waals surface area contributed by atoms with Gasteiger partial charge < -0.3 is 24.7 Å². The number of benzene rings is 1. The fraction of sp³-hybridized carbons (Fsp3) is 0.417. The van der Waals surface area contributed by atoms with Gasteiger partial charge >= 0.3 is 17.9 Å². The van der Waals surface area contributed by atoms with Crippen LogP contribution in [0.5, 0.6) is 0 Å².